The van der Waals surface area contributed by atoms with Crippen molar-refractivity contribution in [2.75, 3.05) is 13.7 Å². The van der Waals surface area contributed by atoms with E-state index in [2.05, 4.69) is 11.1 Å². The largest absolute Gasteiger partial charge is 0.497 e. The third kappa shape index (κ3) is 2.75. The third-order valence-corrected chi connectivity index (χ3v) is 3.90. The average Bonchev–Trinajstić information content (AvgIpc) is 3.04. The molecule has 1 atom stereocenters. The van der Waals surface area contributed by atoms with Crippen LogP contribution in [0, 0.1) is 0 Å². The Kier molecular flexibility index (Phi) is 3.86. The van der Waals surface area contributed by atoms with E-state index in [0.717, 1.165) is 30.7 Å². The first kappa shape index (κ1) is 13.6. The first-order valence-electron chi connectivity index (χ1n) is 7.14. The van der Waals surface area contributed by atoms with Gasteiger partial charge in [0.2, 0.25) is 0 Å². The summed E-state index contributed by atoms with van der Waals surface area (Å²) in [5, 5.41) is 0. The van der Waals surface area contributed by atoms with Gasteiger partial charge in [-0.1, -0.05) is 12.1 Å². The Labute approximate surface area is 124 Å². The molecule has 0 saturated carbocycles. The number of carbonyl (C=O) groups excluding carboxylic acids is 1. The van der Waals surface area contributed by atoms with Crippen LogP contribution in [0.2, 0.25) is 0 Å². The monoisotopic (exact) mass is 282 g/mol. The first-order chi connectivity index (χ1) is 10.3. The van der Waals surface area contributed by atoms with Crippen molar-refractivity contribution in [3.05, 3.63) is 59.9 Å². The zero-order valence-electron chi connectivity index (χ0n) is 12.0. The summed E-state index contributed by atoms with van der Waals surface area (Å²) in [6.07, 6.45) is 5.32. The quantitative estimate of drug-likeness (QED) is 0.869. The Hall–Kier alpha value is -2.36. The van der Waals surface area contributed by atoms with Crippen molar-refractivity contribution in [3.8, 4) is 5.75 Å². The van der Waals surface area contributed by atoms with E-state index in [1.54, 1.807) is 25.6 Å². The van der Waals surface area contributed by atoms with Crippen molar-refractivity contribution in [2.45, 2.75) is 18.9 Å². The van der Waals surface area contributed by atoms with Gasteiger partial charge < -0.3 is 9.64 Å². The smallest absolute Gasteiger partial charge is 0.255 e. The number of carbonyl (C=O) groups is 1. The number of hydrogen-bond donors (Lipinski definition) is 0. The number of hydrogen-bond acceptors (Lipinski definition) is 3. The molecule has 1 amide bonds. The number of amides is 1. The van der Waals surface area contributed by atoms with Gasteiger partial charge >= 0.3 is 0 Å². The molecule has 0 unspecified atom stereocenters. The van der Waals surface area contributed by atoms with E-state index in [1.807, 2.05) is 29.2 Å². The van der Waals surface area contributed by atoms with E-state index in [0.29, 0.717) is 5.56 Å². The van der Waals surface area contributed by atoms with E-state index in [9.17, 15) is 4.79 Å². The van der Waals surface area contributed by atoms with E-state index in [1.165, 1.54) is 0 Å². The maximum Gasteiger partial charge on any atom is 0.255 e. The molecule has 4 nitrogen and oxygen atoms in total. The van der Waals surface area contributed by atoms with Crippen LogP contribution in [0.15, 0.2) is 48.8 Å². The molecule has 1 aromatic heterocycles. The van der Waals surface area contributed by atoms with Crippen molar-refractivity contribution in [1.29, 1.82) is 0 Å². The summed E-state index contributed by atoms with van der Waals surface area (Å²) in [5.41, 5.74) is 1.77. The Bertz CT molecular complexity index is 628. The zero-order valence-corrected chi connectivity index (χ0v) is 12.0. The van der Waals surface area contributed by atoms with Crippen LogP contribution in [0.4, 0.5) is 0 Å². The van der Waals surface area contributed by atoms with Gasteiger partial charge in [0.25, 0.3) is 5.91 Å². The lowest BCUT2D eigenvalue weighted by Gasteiger charge is -2.25. The summed E-state index contributed by atoms with van der Waals surface area (Å²) in [6.45, 7) is 0.787. The standard InChI is InChI=1S/C17H18N2O2/c1-21-15-7-2-5-13(11-15)16-8-4-10-19(16)17(20)14-6-3-9-18-12-14/h2-3,5-7,9,11-12,16H,4,8,10H2,1H3/t16-/m0/s1. The lowest BCUT2D eigenvalue weighted by molar-refractivity contribution is 0.0735. The Balaban J connectivity index is 1.87. The van der Waals surface area contributed by atoms with Crippen LogP contribution in [0.1, 0.15) is 34.8 Å². The molecule has 1 fully saturated rings. The van der Waals surface area contributed by atoms with Crippen LogP contribution in [0.25, 0.3) is 0 Å². The molecule has 1 aliphatic rings. The summed E-state index contributed by atoms with van der Waals surface area (Å²) in [6, 6.07) is 11.7. The number of ether oxygens (including phenoxy) is 1. The fourth-order valence-electron chi connectivity index (χ4n) is 2.86. The number of methoxy groups -OCH3 is 1. The van der Waals surface area contributed by atoms with E-state index >= 15 is 0 Å². The predicted molar refractivity (Wildman–Crippen MR) is 80.2 cm³/mol. The second kappa shape index (κ2) is 5.95. The molecule has 0 aliphatic carbocycles. The molecule has 0 bridgehead atoms. The van der Waals surface area contributed by atoms with Crippen molar-refractivity contribution >= 4 is 5.91 Å². The van der Waals surface area contributed by atoms with Crippen LogP contribution < -0.4 is 4.74 Å². The van der Waals surface area contributed by atoms with Gasteiger partial charge in [0.15, 0.2) is 0 Å². The van der Waals surface area contributed by atoms with Gasteiger partial charge in [-0.15, -0.1) is 0 Å². The summed E-state index contributed by atoms with van der Waals surface area (Å²) in [7, 11) is 1.66. The van der Waals surface area contributed by atoms with Crippen molar-refractivity contribution in [2.24, 2.45) is 0 Å². The molecular weight excluding hydrogens is 264 g/mol. The summed E-state index contributed by atoms with van der Waals surface area (Å²) < 4.78 is 5.28. The van der Waals surface area contributed by atoms with Crippen LogP contribution in [0.5, 0.6) is 5.75 Å². The summed E-state index contributed by atoms with van der Waals surface area (Å²) >= 11 is 0. The van der Waals surface area contributed by atoms with Gasteiger partial charge in [-0.05, 0) is 42.7 Å². The highest BCUT2D eigenvalue weighted by atomic mass is 16.5. The SMILES string of the molecule is COc1cccc([C@@H]2CCCN2C(=O)c2cccnc2)c1. The van der Waals surface area contributed by atoms with Crippen LogP contribution in [0.3, 0.4) is 0 Å². The highest BCUT2D eigenvalue weighted by molar-refractivity contribution is 5.94. The van der Waals surface area contributed by atoms with Gasteiger partial charge in [0, 0.05) is 18.9 Å². The number of nitrogens with zero attached hydrogens (tertiary/aromatic N) is 2. The number of pyridine rings is 1. The minimum atomic E-state index is 0.0495. The Morgan fingerprint density at radius 2 is 2.24 bits per heavy atom. The van der Waals surface area contributed by atoms with Crippen molar-refractivity contribution < 1.29 is 9.53 Å². The van der Waals surface area contributed by atoms with Gasteiger partial charge in [-0.3, -0.25) is 9.78 Å². The van der Waals surface area contributed by atoms with E-state index in [-0.39, 0.29) is 11.9 Å². The van der Waals surface area contributed by atoms with Crippen molar-refractivity contribution in [1.82, 2.24) is 9.88 Å². The highest BCUT2D eigenvalue weighted by Gasteiger charge is 2.30. The second-order valence-corrected chi connectivity index (χ2v) is 5.17. The normalized spacial score (nSPS) is 17.8. The molecule has 0 radical (unpaired) electrons. The Morgan fingerprint density at radius 1 is 1.33 bits per heavy atom. The summed E-state index contributed by atoms with van der Waals surface area (Å²) in [4.78, 5) is 18.6. The topological polar surface area (TPSA) is 42.4 Å². The highest BCUT2D eigenvalue weighted by Crippen LogP contribution is 2.34. The molecule has 1 aliphatic heterocycles. The fourth-order valence-corrected chi connectivity index (χ4v) is 2.86. The lowest BCUT2D eigenvalue weighted by Crippen LogP contribution is -2.30. The number of benzene rings is 1. The minimum Gasteiger partial charge on any atom is -0.497 e. The Morgan fingerprint density at radius 3 is 3.00 bits per heavy atom. The second-order valence-electron chi connectivity index (χ2n) is 5.17. The average molecular weight is 282 g/mol. The molecule has 21 heavy (non-hydrogen) atoms. The van der Waals surface area contributed by atoms with Crippen LogP contribution in [-0.4, -0.2) is 29.4 Å². The zero-order chi connectivity index (χ0) is 14.7. The molecule has 0 N–H and O–H groups in total. The van der Waals surface area contributed by atoms with E-state index in [4.69, 9.17) is 4.74 Å². The van der Waals surface area contributed by atoms with Gasteiger partial charge in [-0.25, -0.2) is 0 Å². The number of rotatable bonds is 3. The number of likely N-dealkylation sites (tertiary alicyclic amines) is 1. The predicted octanol–water partition coefficient (Wildman–Crippen LogP) is 3.07. The summed E-state index contributed by atoms with van der Waals surface area (Å²) in [5.74, 6) is 0.876. The molecule has 1 saturated heterocycles. The molecular formula is C17H18N2O2. The maximum absolute atomic E-state index is 12.6. The van der Waals surface area contributed by atoms with Gasteiger partial charge in [-0.2, -0.15) is 0 Å². The maximum atomic E-state index is 12.6. The van der Waals surface area contributed by atoms with Crippen molar-refractivity contribution in [3.63, 3.8) is 0 Å². The molecule has 3 rings (SSSR count). The molecule has 4 heteroatoms. The van der Waals surface area contributed by atoms with Crippen LogP contribution in [-0.2, 0) is 0 Å². The molecule has 2 aromatic rings. The lowest BCUT2D eigenvalue weighted by atomic mass is 10.0. The first-order valence-corrected chi connectivity index (χ1v) is 7.14. The molecule has 0 spiro atoms. The minimum absolute atomic E-state index is 0.0495. The number of aromatic nitrogens is 1. The van der Waals surface area contributed by atoms with Gasteiger partial charge in [0.1, 0.15) is 5.75 Å². The van der Waals surface area contributed by atoms with Crippen LogP contribution >= 0.6 is 0 Å². The fraction of sp³-hybridized carbons (Fsp3) is 0.294. The molecule has 1 aromatic carbocycles. The molecule has 108 valence electrons. The van der Waals surface area contributed by atoms with Gasteiger partial charge in [0.05, 0.1) is 18.7 Å². The molecule has 2 heterocycles. The van der Waals surface area contributed by atoms with E-state index < -0.39 is 0 Å². The third-order valence-electron chi connectivity index (χ3n) is 3.90.